The van der Waals surface area contributed by atoms with Gasteiger partial charge < -0.3 is 9.84 Å². The quantitative estimate of drug-likeness (QED) is 0.490. The number of nitrogens with zero attached hydrogens (tertiary/aromatic N) is 3. The van der Waals surface area contributed by atoms with Crippen LogP contribution < -0.4 is 10.3 Å². The molecule has 0 spiro atoms. The van der Waals surface area contributed by atoms with E-state index in [1.807, 2.05) is 26.0 Å². The van der Waals surface area contributed by atoms with Crippen LogP contribution in [-0.2, 0) is 0 Å². The van der Waals surface area contributed by atoms with E-state index in [1.54, 1.807) is 24.4 Å². The van der Waals surface area contributed by atoms with Crippen molar-refractivity contribution in [1.29, 1.82) is 0 Å². The molecule has 1 atom stereocenters. The highest BCUT2D eigenvalue weighted by Gasteiger charge is 2.16. The van der Waals surface area contributed by atoms with Gasteiger partial charge in [0.25, 0.3) is 5.56 Å². The molecule has 0 aliphatic rings. The van der Waals surface area contributed by atoms with Gasteiger partial charge in [-0.25, -0.2) is 4.98 Å². The number of phenolic OH excluding ortho intramolecular Hbond substituents is 1. The number of phenols is 1. The van der Waals surface area contributed by atoms with Gasteiger partial charge in [-0.15, -0.1) is 0 Å². The summed E-state index contributed by atoms with van der Waals surface area (Å²) < 4.78 is 7.79. The fraction of sp³-hybridized carbons (Fsp3) is 0.250. The summed E-state index contributed by atoms with van der Waals surface area (Å²) in [5, 5.41) is 14.9. The summed E-state index contributed by atoms with van der Waals surface area (Å²) in [6.45, 7) is 4.05. The van der Waals surface area contributed by atoms with Crippen molar-refractivity contribution in [3.63, 3.8) is 0 Å². The fourth-order valence-electron chi connectivity index (χ4n) is 2.73. The summed E-state index contributed by atoms with van der Waals surface area (Å²) >= 11 is 6.69. The van der Waals surface area contributed by atoms with Crippen molar-refractivity contribution in [3.05, 3.63) is 61.0 Å². The first-order valence-corrected chi connectivity index (χ1v) is 10.3. The second kappa shape index (κ2) is 8.45. The second-order valence-electron chi connectivity index (χ2n) is 6.36. The molecule has 3 aromatic rings. The lowest BCUT2D eigenvalue weighted by Crippen LogP contribution is -2.23. The second-order valence-corrected chi connectivity index (χ2v) is 8.13. The largest absolute Gasteiger partial charge is 0.503 e. The number of rotatable bonds is 5. The molecule has 3 rings (SSSR count). The number of methoxy groups -OCH3 is 1. The molecule has 0 amide bonds. The van der Waals surface area contributed by atoms with Crippen LogP contribution >= 0.6 is 31.9 Å². The van der Waals surface area contributed by atoms with Gasteiger partial charge in [0, 0.05) is 10.4 Å². The Labute approximate surface area is 179 Å². The SMILES string of the molecule is CC[C@H](C)c1nc2ccc(Br)cc2c(=O)n1N=Cc1cc(Br)c(O)c(OC)c1. The summed E-state index contributed by atoms with van der Waals surface area (Å²) in [6, 6.07) is 8.77. The van der Waals surface area contributed by atoms with Gasteiger partial charge in [0.1, 0.15) is 5.82 Å². The Morgan fingerprint density at radius 2 is 2.07 bits per heavy atom. The van der Waals surface area contributed by atoms with Crippen LogP contribution in [0.5, 0.6) is 11.5 Å². The molecule has 6 nitrogen and oxygen atoms in total. The zero-order chi connectivity index (χ0) is 20.4. The van der Waals surface area contributed by atoms with Gasteiger partial charge in [0.2, 0.25) is 0 Å². The lowest BCUT2D eigenvalue weighted by Gasteiger charge is -2.14. The van der Waals surface area contributed by atoms with Crippen molar-refractivity contribution < 1.29 is 9.84 Å². The number of aromatic nitrogens is 2. The Morgan fingerprint density at radius 1 is 1.32 bits per heavy atom. The van der Waals surface area contributed by atoms with Crippen molar-refractivity contribution in [2.75, 3.05) is 7.11 Å². The van der Waals surface area contributed by atoms with Gasteiger partial charge in [-0.3, -0.25) is 4.79 Å². The van der Waals surface area contributed by atoms with Crippen molar-refractivity contribution in [3.8, 4) is 11.5 Å². The van der Waals surface area contributed by atoms with Gasteiger partial charge >= 0.3 is 0 Å². The molecule has 1 N–H and O–H groups in total. The van der Waals surface area contributed by atoms with Crippen molar-refractivity contribution in [1.82, 2.24) is 9.66 Å². The van der Waals surface area contributed by atoms with Crippen LogP contribution in [0.4, 0.5) is 0 Å². The molecule has 2 aromatic carbocycles. The zero-order valence-electron chi connectivity index (χ0n) is 15.6. The number of hydrogen-bond acceptors (Lipinski definition) is 5. The minimum Gasteiger partial charge on any atom is -0.503 e. The van der Waals surface area contributed by atoms with E-state index < -0.39 is 0 Å². The predicted molar refractivity (Wildman–Crippen MR) is 118 cm³/mol. The third kappa shape index (κ3) is 3.98. The molecule has 0 fully saturated rings. The van der Waals surface area contributed by atoms with E-state index >= 15 is 0 Å². The number of hydrogen-bond donors (Lipinski definition) is 1. The molecule has 0 bridgehead atoms. The van der Waals surface area contributed by atoms with Crippen molar-refractivity contribution in [2.45, 2.75) is 26.2 Å². The number of fused-ring (bicyclic) bond motifs is 1. The number of aromatic hydroxyl groups is 1. The third-order valence-corrected chi connectivity index (χ3v) is 5.58. The molecule has 8 heteroatoms. The topological polar surface area (TPSA) is 76.7 Å². The van der Waals surface area contributed by atoms with Gasteiger partial charge in [-0.1, -0.05) is 29.8 Å². The average molecular weight is 509 g/mol. The molecule has 1 aromatic heterocycles. The van der Waals surface area contributed by atoms with Gasteiger partial charge in [0.05, 0.1) is 28.7 Å². The Hall–Kier alpha value is -2.19. The van der Waals surface area contributed by atoms with Crippen molar-refractivity contribution in [2.24, 2.45) is 5.10 Å². The maximum Gasteiger partial charge on any atom is 0.282 e. The van der Waals surface area contributed by atoms with Crippen LogP contribution in [0.15, 0.2) is 49.2 Å². The van der Waals surface area contributed by atoms with Crippen LogP contribution in [0, 0.1) is 0 Å². The maximum absolute atomic E-state index is 13.1. The number of halogens is 2. The lowest BCUT2D eigenvalue weighted by atomic mass is 10.1. The summed E-state index contributed by atoms with van der Waals surface area (Å²) in [5.41, 5.74) is 1.07. The van der Waals surface area contributed by atoms with Crippen LogP contribution in [0.25, 0.3) is 10.9 Å². The third-order valence-electron chi connectivity index (χ3n) is 4.48. The first kappa shape index (κ1) is 20.5. The molecule has 0 unspecified atom stereocenters. The Kier molecular flexibility index (Phi) is 6.20. The fourth-order valence-corrected chi connectivity index (χ4v) is 3.55. The van der Waals surface area contributed by atoms with E-state index in [0.717, 1.165) is 10.9 Å². The Balaban J connectivity index is 2.19. The molecule has 0 aliphatic heterocycles. The van der Waals surface area contributed by atoms with E-state index in [2.05, 4.69) is 41.9 Å². The molecule has 28 heavy (non-hydrogen) atoms. The molecule has 0 saturated heterocycles. The van der Waals surface area contributed by atoms with E-state index in [0.29, 0.717) is 32.5 Å². The van der Waals surface area contributed by atoms with E-state index in [-0.39, 0.29) is 17.2 Å². The lowest BCUT2D eigenvalue weighted by molar-refractivity contribution is 0.372. The Morgan fingerprint density at radius 3 is 2.75 bits per heavy atom. The highest BCUT2D eigenvalue weighted by Crippen LogP contribution is 2.34. The monoisotopic (exact) mass is 507 g/mol. The van der Waals surface area contributed by atoms with E-state index in [1.165, 1.54) is 11.8 Å². The molecule has 0 saturated carbocycles. The molecule has 0 aliphatic carbocycles. The predicted octanol–water partition coefficient (Wildman–Crippen LogP) is 5.03. The van der Waals surface area contributed by atoms with E-state index in [4.69, 9.17) is 4.74 Å². The van der Waals surface area contributed by atoms with Crippen LogP contribution in [0.2, 0.25) is 0 Å². The Bertz CT molecular complexity index is 1130. The smallest absolute Gasteiger partial charge is 0.282 e. The molecule has 146 valence electrons. The number of benzene rings is 2. The summed E-state index contributed by atoms with van der Waals surface area (Å²) in [5.74, 6) is 0.975. The van der Waals surface area contributed by atoms with Gasteiger partial charge in [0.15, 0.2) is 11.5 Å². The van der Waals surface area contributed by atoms with E-state index in [9.17, 15) is 9.90 Å². The minimum absolute atomic E-state index is 0.00864. The molecular weight excluding hydrogens is 490 g/mol. The zero-order valence-corrected chi connectivity index (χ0v) is 18.8. The normalized spacial score (nSPS) is 12.6. The first-order valence-electron chi connectivity index (χ1n) is 8.68. The standard InChI is InChI=1S/C20H19Br2N3O3/c1-4-11(2)19-24-16-6-5-13(21)9-14(16)20(27)25(19)23-10-12-7-15(22)18(26)17(8-12)28-3/h5-11,26H,4H2,1-3H3/t11-/m0/s1. The summed E-state index contributed by atoms with van der Waals surface area (Å²) in [7, 11) is 1.47. The molecule has 0 radical (unpaired) electrons. The summed E-state index contributed by atoms with van der Waals surface area (Å²) in [6.07, 6.45) is 2.37. The highest BCUT2D eigenvalue weighted by atomic mass is 79.9. The number of ether oxygens (including phenoxy) is 1. The average Bonchev–Trinajstić information content (AvgIpc) is 2.69. The van der Waals surface area contributed by atoms with Crippen LogP contribution in [0.3, 0.4) is 0 Å². The first-order chi connectivity index (χ1) is 13.3. The summed E-state index contributed by atoms with van der Waals surface area (Å²) in [4.78, 5) is 17.8. The van der Waals surface area contributed by atoms with Gasteiger partial charge in [-0.2, -0.15) is 9.78 Å². The molecule has 1 heterocycles. The maximum atomic E-state index is 13.1. The van der Waals surface area contributed by atoms with Crippen LogP contribution in [-0.4, -0.2) is 28.1 Å². The highest BCUT2D eigenvalue weighted by molar-refractivity contribution is 9.10. The van der Waals surface area contributed by atoms with Crippen LogP contribution in [0.1, 0.15) is 37.6 Å². The molecular formula is C20H19Br2N3O3. The minimum atomic E-state index is -0.234. The van der Waals surface area contributed by atoms with Gasteiger partial charge in [-0.05, 0) is 58.2 Å². The van der Waals surface area contributed by atoms with Crippen molar-refractivity contribution >= 4 is 49.0 Å².